The van der Waals surface area contributed by atoms with Gasteiger partial charge < -0.3 is 14.4 Å². The van der Waals surface area contributed by atoms with Crippen LogP contribution in [0.1, 0.15) is 13.3 Å². The van der Waals surface area contributed by atoms with Crippen molar-refractivity contribution in [2.24, 2.45) is 0 Å². The first kappa shape index (κ1) is 8.87. The monoisotopic (exact) mass is 193 g/mol. The summed E-state index contributed by atoms with van der Waals surface area (Å²) in [6.45, 7) is 2.64. The van der Waals surface area contributed by atoms with Crippen LogP contribution in [0, 0.1) is 0 Å². The minimum Gasteiger partial charge on any atom is -0.508 e. The molecule has 1 N–H and O–H groups in total. The number of phenolic OH excluding ortho intramolecular Hbond substituents is 1. The van der Waals surface area contributed by atoms with E-state index in [4.69, 9.17) is 9.26 Å². The van der Waals surface area contributed by atoms with Crippen LogP contribution in [0.4, 0.5) is 0 Å². The number of aromatic nitrogens is 1. The Kier molecular flexibility index (Phi) is 2.26. The third kappa shape index (κ3) is 1.51. The Labute approximate surface area is 81.1 Å². The molecule has 14 heavy (non-hydrogen) atoms. The molecule has 0 aliphatic rings. The van der Waals surface area contributed by atoms with Gasteiger partial charge in [-0.15, -0.1) is 0 Å². The van der Waals surface area contributed by atoms with Crippen molar-refractivity contribution in [3.8, 4) is 11.6 Å². The molecule has 1 aromatic carbocycles. The topological polar surface area (TPSA) is 55.5 Å². The first-order valence-corrected chi connectivity index (χ1v) is 4.52. The molecule has 74 valence electrons. The molecular formula is C10H11NO3. The molecule has 0 fully saturated rings. The first-order chi connectivity index (χ1) is 6.81. The predicted molar refractivity (Wildman–Crippen MR) is 51.5 cm³/mol. The predicted octanol–water partition coefficient (Wildman–Crippen LogP) is 2.32. The van der Waals surface area contributed by atoms with Crippen molar-refractivity contribution in [3.63, 3.8) is 0 Å². The van der Waals surface area contributed by atoms with Crippen molar-refractivity contribution in [3.05, 3.63) is 18.2 Å². The summed E-state index contributed by atoms with van der Waals surface area (Å²) in [5.41, 5.74) is 0.538. The third-order valence-electron chi connectivity index (χ3n) is 1.87. The Morgan fingerprint density at radius 3 is 3.14 bits per heavy atom. The number of rotatable bonds is 3. The molecule has 1 aromatic heterocycles. The van der Waals surface area contributed by atoms with Gasteiger partial charge in [0.25, 0.3) is 5.88 Å². The van der Waals surface area contributed by atoms with E-state index in [1.807, 2.05) is 6.92 Å². The maximum atomic E-state index is 9.19. The molecule has 0 unspecified atom stereocenters. The number of aromatic hydroxyl groups is 1. The molecule has 0 saturated heterocycles. The largest absolute Gasteiger partial charge is 0.508 e. The highest BCUT2D eigenvalue weighted by Gasteiger charge is 2.08. The van der Waals surface area contributed by atoms with Gasteiger partial charge in [0, 0.05) is 6.07 Å². The lowest BCUT2D eigenvalue weighted by molar-refractivity contribution is 0.284. The summed E-state index contributed by atoms with van der Waals surface area (Å²) in [7, 11) is 0. The van der Waals surface area contributed by atoms with Crippen LogP contribution in [0.5, 0.6) is 11.6 Å². The first-order valence-electron chi connectivity index (χ1n) is 4.52. The van der Waals surface area contributed by atoms with Crippen LogP contribution in [-0.4, -0.2) is 16.9 Å². The highest BCUT2D eigenvalue weighted by molar-refractivity contribution is 5.83. The van der Waals surface area contributed by atoms with Gasteiger partial charge in [-0.1, -0.05) is 6.92 Å². The average molecular weight is 193 g/mol. The van der Waals surface area contributed by atoms with Crippen LogP contribution in [0.15, 0.2) is 22.7 Å². The van der Waals surface area contributed by atoms with Gasteiger partial charge in [-0.3, -0.25) is 0 Å². The minimum atomic E-state index is 0.163. The van der Waals surface area contributed by atoms with Crippen molar-refractivity contribution in [1.82, 2.24) is 5.16 Å². The number of fused-ring (bicyclic) bond motifs is 1. The zero-order valence-corrected chi connectivity index (χ0v) is 7.86. The van der Waals surface area contributed by atoms with Crippen LogP contribution in [0.3, 0.4) is 0 Å². The number of ether oxygens (including phenoxy) is 1. The summed E-state index contributed by atoms with van der Waals surface area (Å²) in [6.07, 6.45) is 0.923. The third-order valence-corrected chi connectivity index (χ3v) is 1.87. The van der Waals surface area contributed by atoms with E-state index in [2.05, 4.69) is 5.16 Å². The van der Waals surface area contributed by atoms with Crippen molar-refractivity contribution >= 4 is 11.0 Å². The summed E-state index contributed by atoms with van der Waals surface area (Å²) in [6, 6.07) is 4.83. The van der Waals surface area contributed by atoms with E-state index >= 15 is 0 Å². The van der Waals surface area contributed by atoms with Gasteiger partial charge in [0.05, 0.1) is 12.0 Å². The van der Waals surface area contributed by atoms with Gasteiger partial charge in [0.1, 0.15) is 5.75 Å². The van der Waals surface area contributed by atoms with Crippen LogP contribution >= 0.6 is 0 Å². The number of nitrogens with zero attached hydrogens (tertiary/aromatic N) is 1. The van der Waals surface area contributed by atoms with Crippen LogP contribution in [-0.2, 0) is 0 Å². The summed E-state index contributed by atoms with van der Waals surface area (Å²) >= 11 is 0. The molecule has 0 atom stereocenters. The van der Waals surface area contributed by atoms with E-state index in [0.29, 0.717) is 18.1 Å². The van der Waals surface area contributed by atoms with Crippen molar-refractivity contribution in [2.45, 2.75) is 13.3 Å². The second kappa shape index (κ2) is 3.57. The van der Waals surface area contributed by atoms with Gasteiger partial charge >= 0.3 is 0 Å². The Bertz CT molecular complexity index is 436. The fraction of sp³-hybridized carbons (Fsp3) is 0.300. The quantitative estimate of drug-likeness (QED) is 0.812. The Morgan fingerprint density at radius 1 is 1.50 bits per heavy atom. The molecule has 2 aromatic rings. The van der Waals surface area contributed by atoms with Crippen LogP contribution in [0.2, 0.25) is 0 Å². The van der Waals surface area contributed by atoms with Crippen LogP contribution < -0.4 is 4.74 Å². The molecule has 0 aliphatic heterocycles. The normalized spacial score (nSPS) is 10.6. The molecular weight excluding hydrogens is 182 g/mol. The summed E-state index contributed by atoms with van der Waals surface area (Å²) in [5, 5.41) is 13.7. The molecule has 4 nitrogen and oxygen atoms in total. The number of phenols is 1. The average Bonchev–Trinajstić information content (AvgIpc) is 2.57. The molecule has 0 amide bonds. The van der Waals surface area contributed by atoms with Crippen molar-refractivity contribution < 1.29 is 14.4 Å². The number of hydrogen-bond acceptors (Lipinski definition) is 4. The lowest BCUT2D eigenvalue weighted by atomic mass is 10.2. The van der Waals surface area contributed by atoms with Crippen molar-refractivity contribution in [1.29, 1.82) is 0 Å². The van der Waals surface area contributed by atoms with Crippen LogP contribution in [0.25, 0.3) is 11.0 Å². The zero-order valence-electron chi connectivity index (χ0n) is 7.86. The molecule has 0 radical (unpaired) electrons. The van der Waals surface area contributed by atoms with Gasteiger partial charge in [-0.25, -0.2) is 0 Å². The molecule has 0 bridgehead atoms. The molecule has 0 aliphatic carbocycles. The molecule has 4 heteroatoms. The second-order valence-electron chi connectivity index (χ2n) is 3.02. The Hall–Kier alpha value is -1.71. The lowest BCUT2D eigenvalue weighted by Crippen LogP contribution is -1.94. The number of benzene rings is 1. The van der Waals surface area contributed by atoms with E-state index in [9.17, 15) is 5.11 Å². The summed E-state index contributed by atoms with van der Waals surface area (Å²) in [5.74, 6) is 0.651. The van der Waals surface area contributed by atoms with Gasteiger partial charge in [-0.05, 0) is 23.7 Å². The SMILES string of the molecule is CCCOc1noc2cc(O)ccc12. The summed E-state index contributed by atoms with van der Waals surface area (Å²) < 4.78 is 10.4. The molecule has 1 heterocycles. The summed E-state index contributed by atoms with van der Waals surface area (Å²) in [4.78, 5) is 0. The molecule has 0 saturated carbocycles. The van der Waals surface area contributed by atoms with Gasteiger partial charge in [0.15, 0.2) is 5.58 Å². The maximum Gasteiger partial charge on any atom is 0.262 e. The van der Waals surface area contributed by atoms with E-state index in [-0.39, 0.29) is 5.75 Å². The van der Waals surface area contributed by atoms with Gasteiger partial charge in [-0.2, -0.15) is 0 Å². The number of hydrogen-bond donors (Lipinski definition) is 1. The van der Waals surface area contributed by atoms with E-state index in [0.717, 1.165) is 11.8 Å². The highest BCUT2D eigenvalue weighted by Crippen LogP contribution is 2.27. The lowest BCUT2D eigenvalue weighted by Gasteiger charge is -1.98. The standard InChI is InChI=1S/C10H11NO3/c1-2-5-13-10-8-4-3-7(12)6-9(8)14-11-10/h3-4,6,12H,2,5H2,1H3. The molecule has 2 rings (SSSR count). The van der Waals surface area contributed by atoms with Crippen molar-refractivity contribution in [2.75, 3.05) is 6.61 Å². The Balaban J connectivity index is 2.37. The van der Waals surface area contributed by atoms with E-state index in [1.165, 1.54) is 6.07 Å². The van der Waals surface area contributed by atoms with Gasteiger partial charge in [0.2, 0.25) is 0 Å². The van der Waals surface area contributed by atoms with E-state index < -0.39 is 0 Å². The fourth-order valence-electron chi connectivity index (χ4n) is 1.21. The smallest absolute Gasteiger partial charge is 0.262 e. The highest BCUT2D eigenvalue weighted by atomic mass is 16.5. The zero-order chi connectivity index (χ0) is 9.97. The van der Waals surface area contributed by atoms with E-state index in [1.54, 1.807) is 12.1 Å². The maximum absolute atomic E-state index is 9.19. The molecule has 0 spiro atoms. The fourth-order valence-corrected chi connectivity index (χ4v) is 1.21. The minimum absolute atomic E-state index is 0.163. The Morgan fingerprint density at radius 2 is 2.36 bits per heavy atom. The second-order valence-corrected chi connectivity index (χ2v) is 3.02.